The maximum atomic E-state index is 11.8. The molecule has 2 heterocycles. The van der Waals surface area contributed by atoms with Crippen LogP contribution in [-0.4, -0.2) is 12.5 Å². The van der Waals surface area contributed by atoms with Gasteiger partial charge in [-0.2, -0.15) is 0 Å². The topological polar surface area (TPSA) is 84.3 Å². The number of carbonyl (C=O) groups excluding carboxylic acids is 1. The molecular weight excluding hydrogens is 342 g/mol. The Bertz CT molecular complexity index is 866. The lowest BCUT2D eigenvalue weighted by atomic mass is 9.63. The van der Waals surface area contributed by atoms with Crippen LogP contribution in [0.2, 0.25) is 0 Å². The maximum Gasteiger partial charge on any atom is 0.219 e. The molecule has 27 heavy (non-hydrogen) atoms. The van der Waals surface area contributed by atoms with Gasteiger partial charge in [-0.1, -0.05) is 30.3 Å². The molecule has 138 valence electrons. The number of nitrogens with zero attached hydrogens (tertiary/aromatic N) is 3. The molecule has 2 aliphatic heterocycles. The molecule has 0 radical (unpaired) electrons. The third kappa shape index (κ3) is 3.54. The van der Waals surface area contributed by atoms with Crippen LogP contribution in [0.3, 0.4) is 0 Å². The van der Waals surface area contributed by atoms with Crippen molar-refractivity contribution in [3.63, 3.8) is 0 Å². The lowest BCUT2D eigenvalue weighted by Gasteiger charge is -2.53. The molecule has 0 N–H and O–H groups in total. The molecule has 0 atom stereocenters. The van der Waals surface area contributed by atoms with Crippen molar-refractivity contribution in [2.75, 3.05) is 6.61 Å². The number of amides is 1. The minimum Gasteiger partial charge on any atom is -0.457 e. The van der Waals surface area contributed by atoms with Crippen LogP contribution in [-0.2, 0) is 15.1 Å². The van der Waals surface area contributed by atoms with E-state index in [4.69, 9.17) is 15.0 Å². The zero-order valence-corrected chi connectivity index (χ0v) is 15.0. The van der Waals surface area contributed by atoms with E-state index in [1.807, 2.05) is 42.5 Å². The third-order valence-electron chi connectivity index (χ3n) is 5.79. The van der Waals surface area contributed by atoms with Crippen LogP contribution in [0.15, 0.2) is 59.7 Å². The summed E-state index contributed by atoms with van der Waals surface area (Å²) in [5, 5.41) is 3.23. The SMILES string of the molecule is [N-]=[N+]=NC(=O)CC12CCC(c3cccc(Oc4ccccc4)c3)(CC1)OC2. The van der Waals surface area contributed by atoms with Gasteiger partial charge in [0, 0.05) is 16.7 Å². The molecule has 6 nitrogen and oxygen atoms in total. The van der Waals surface area contributed by atoms with Crippen LogP contribution < -0.4 is 4.74 Å². The Morgan fingerprint density at radius 3 is 2.48 bits per heavy atom. The highest BCUT2D eigenvalue weighted by atomic mass is 16.5. The highest BCUT2D eigenvalue weighted by molar-refractivity contribution is 5.77. The fourth-order valence-corrected chi connectivity index (χ4v) is 4.24. The zero-order chi connectivity index (χ0) is 18.7. The van der Waals surface area contributed by atoms with Crippen molar-refractivity contribution in [3.05, 3.63) is 70.6 Å². The van der Waals surface area contributed by atoms with Gasteiger partial charge in [-0.3, -0.25) is 4.79 Å². The number of fused-ring (bicyclic) bond motifs is 3. The second-order valence-electron chi connectivity index (χ2n) is 7.49. The fourth-order valence-electron chi connectivity index (χ4n) is 4.24. The van der Waals surface area contributed by atoms with E-state index in [1.165, 1.54) is 0 Å². The number of ether oxygens (including phenoxy) is 2. The molecule has 5 rings (SSSR count). The van der Waals surface area contributed by atoms with Gasteiger partial charge in [0.15, 0.2) is 0 Å². The molecule has 2 aromatic carbocycles. The lowest BCUT2D eigenvalue weighted by molar-refractivity contribution is -0.192. The number of hydrogen-bond donors (Lipinski definition) is 0. The summed E-state index contributed by atoms with van der Waals surface area (Å²) in [7, 11) is 0. The molecular formula is C21H21N3O3. The number of hydrogen-bond acceptors (Lipinski definition) is 3. The zero-order valence-electron chi connectivity index (χ0n) is 15.0. The Morgan fingerprint density at radius 2 is 1.81 bits per heavy atom. The van der Waals surface area contributed by atoms with Crippen LogP contribution in [0.4, 0.5) is 0 Å². The number of benzene rings is 2. The van der Waals surface area contributed by atoms with Crippen molar-refractivity contribution in [1.82, 2.24) is 0 Å². The highest BCUT2D eigenvalue weighted by Gasteiger charge is 2.51. The standard InChI is InChI=1S/C21H21N3O3/c22-24-23-19(25)14-20-9-11-21(12-10-20,26-15-20)16-5-4-8-18(13-16)27-17-6-2-1-3-7-17/h1-8,13H,9-12,14-15H2. The first-order valence-electron chi connectivity index (χ1n) is 9.19. The van der Waals surface area contributed by atoms with E-state index >= 15 is 0 Å². The number of carbonyl (C=O) groups is 1. The summed E-state index contributed by atoms with van der Waals surface area (Å²) in [5.74, 6) is 1.20. The molecule has 2 aromatic rings. The molecule has 0 unspecified atom stereocenters. The van der Waals surface area contributed by atoms with E-state index in [9.17, 15) is 4.79 Å². The number of rotatable bonds is 5. The van der Waals surface area contributed by atoms with Gasteiger partial charge in [0.1, 0.15) is 11.5 Å². The third-order valence-corrected chi connectivity index (χ3v) is 5.79. The molecule has 1 aliphatic carbocycles. The molecule has 6 heteroatoms. The van der Waals surface area contributed by atoms with Crippen molar-refractivity contribution in [2.24, 2.45) is 10.5 Å². The van der Waals surface area contributed by atoms with E-state index in [0.29, 0.717) is 6.61 Å². The molecule has 0 aromatic heterocycles. The first kappa shape index (κ1) is 17.6. The average Bonchev–Trinajstić information content (AvgIpc) is 2.70. The summed E-state index contributed by atoms with van der Waals surface area (Å²) >= 11 is 0. The predicted molar refractivity (Wildman–Crippen MR) is 100 cm³/mol. The molecule has 3 aliphatic rings. The summed E-state index contributed by atoms with van der Waals surface area (Å²) < 4.78 is 12.3. The van der Waals surface area contributed by atoms with Crippen LogP contribution in [0.25, 0.3) is 10.4 Å². The van der Waals surface area contributed by atoms with E-state index in [-0.39, 0.29) is 17.4 Å². The normalized spacial score (nSPS) is 26.2. The van der Waals surface area contributed by atoms with Crippen LogP contribution in [0.5, 0.6) is 11.5 Å². The first-order chi connectivity index (χ1) is 13.1. The highest BCUT2D eigenvalue weighted by Crippen LogP contribution is 2.55. The molecule has 2 saturated heterocycles. The minimum atomic E-state index is -0.395. The van der Waals surface area contributed by atoms with Crippen LogP contribution >= 0.6 is 0 Å². The van der Waals surface area contributed by atoms with Crippen LogP contribution in [0, 0.1) is 5.41 Å². The number of azide groups is 1. The summed E-state index contributed by atoms with van der Waals surface area (Å²) in [6.07, 6.45) is 3.76. The van der Waals surface area contributed by atoms with Crippen LogP contribution in [0.1, 0.15) is 37.7 Å². The second-order valence-corrected chi connectivity index (χ2v) is 7.49. The maximum absolute atomic E-state index is 11.8. The van der Waals surface area contributed by atoms with Gasteiger partial charge in [0.05, 0.1) is 12.2 Å². The van der Waals surface area contributed by atoms with Crippen molar-refractivity contribution in [1.29, 1.82) is 0 Å². The van der Waals surface area contributed by atoms with Crippen molar-refractivity contribution in [3.8, 4) is 11.5 Å². The quantitative estimate of drug-likeness (QED) is 0.400. The van der Waals surface area contributed by atoms with Crippen molar-refractivity contribution < 1.29 is 14.3 Å². The Morgan fingerprint density at radius 1 is 1.07 bits per heavy atom. The second kappa shape index (κ2) is 7.06. The van der Waals surface area contributed by atoms with E-state index in [0.717, 1.165) is 42.7 Å². The Kier molecular flexibility index (Phi) is 4.60. The van der Waals surface area contributed by atoms with Gasteiger partial charge in [-0.25, -0.2) is 0 Å². The monoisotopic (exact) mass is 363 g/mol. The molecule has 1 amide bonds. The van der Waals surface area contributed by atoms with Gasteiger partial charge in [0.25, 0.3) is 0 Å². The molecule has 2 bridgehead atoms. The van der Waals surface area contributed by atoms with Gasteiger partial charge in [-0.15, -0.1) is 0 Å². The smallest absolute Gasteiger partial charge is 0.219 e. The largest absolute Gasteiger partial charge is 0.457 e. The van der Waals surface area contributed by atoms with Gasteiger partial charge in [-0.05, 0) is 66.2 Å². The Balaban J connectivity index is 1.50. The van der Waals surface area contributed by atoms with Gasteiger partial charge < -0.3 is 9.47 Å². The fraction of sp³-hybridized carbons (Fsp3) is 0.381. The summed E-state index contributed by atoms with van der Waals surface area (Å²) in [4.78, 5) is 14.4. The Labute approximate surface area is 157 Å². The van der Waals surface area contributed by atoms with E-state index in [2.05, 4.69) is 22.2 Å². The summed E-state index contributed by atoms with van der Waals surface area (Å²) in [6.45, 7) is 0.517. The van der Waals surface area contributed by atoms with Gasteiger partial charge in [0.2, 0.25) is 5.91 Å². The molecule has 3 fully saturated rings. The summed E-state index contributed by atoms with van der Waals surface area (Å²) in [5.41, 5.74) is 9.06. The van der Waals surface area contributed by atoms with E-state index in [1.54, 1.807) is 0 Å². The number of para-hydroxylation sites is 1. The van der Waals surface area contributed by atoms with Crippen molar-refractivity contribution >= 4 is 5.91 Å². The van der Waals surface area contributed by atoms with Crippen molar-refractivity contribution in [2.45, 2.75) is 37.7 Å². The Hall–Kier alpha value is -2.82. The lowest BCUT2D eigenvalue weighted by Crippen LogP contribution is -2.49. The molecule has 0 spiro atoms. The first-order valence-corrected chi connectivity index (χ1v) is 9.19. The summed E-state index contributed by atoms with van der Waals surface area (Å²) in [6, 6.07) is 17.8. The van der Waals surface area contributed by atoms with E-state index < -0.39 is 5.91 Å². The molecule has 1 saturated carbocycles. The predicted octanol–water partition coefficient (Wildman–Crippen LogP) is 5.49. The van der Waals surface area contributed by atoms with Gasteiger partial charge >= 0.3 is 0 Å². The minimum absolute atomic E-state index is 0.189. The average molecular weight is 363 g/mol.